The molecule has 7 heteroatoms. The van der Waals surface area contributed by atoms with E-state index in [9.17, 15) is 0 Å². The van der Waals surface area contributed by atoms with Gasteiger partial charge in [0, 0.05) is 5.75 Å². The highest BCUT2D eigenvalue weighted by Crippen LogP contribution is 2.22. The van der Waals surface area contributed by atoms with Gasteiger partial charge in [0.1, 0.15) is 5.82 Å². The molecule has 2 aromatic carbocycles. The Morgan fingerprint density at radius 1 is 0.923 bits per heavy atom. The van der Waals surface area contributed by atoms with Gasteiger partial charge in [-0.2, -0.15) is 15.0 Å². The Labute approximate surface area is 155 Å². The Hall–Kier alpha value is -2.93. The van der Waals surface area contributed by atoms with Gasteiger partial charge in [-0.1, -0.05) is 60.3 Å². The molecule has 0 bridgehead atoms. The number of benzene rings is 2. The van der Waals surface area contributed by atoms with Gasteiger partial charge in [-0.05, 0) is 24.6 Å². The molecule has 0 aliphatic heterocycles. The first-order valence-corrected chi connectivity index (χ1v) is 9.31. The summed E-state index contributed by atoms with van der Waals surface area (Å²) >= 11 is 1.62. The number of rotatable bonds is 6. The van der Waals surface area contributed by atoms with Gasteiger partial charge in [-0.25, -0.2) is 0 Å². The SMILES string of the molecule is Cc1nnc(SCc2cnn(-c3ccccc3)n2)n1Cc1ccccc1. The van der Waals surface area contributed by atoms with Crippen LogP contribution in [-0.4, -0.2) is 29.8 Å². The van der Waals surface area contributed by atoms with E-state index in [0.717, 1.165) is 28.9 Å². The summed E-state index contributed by atoms with van der Waals surface area (Å²) in [5.41, 5.74) is 3.09. The Morgan fingerprint density at radius 2 is 1.65 bits per heavy atom. The van der Waals surface area contributed by atoms with Crippen LogP contribution in [0.4, 0.5) is 0 Å². The lowest BCUT2D eigenvalue weighted by Crippen LogP contribution is -2.04. The van der Waals surface area contributed by atoms with Crippen LogP contribution in [0.15, 0.2) is 72.0 Å². The molecule has 0 fully saturated rings. The largest absolute Gasteiger partial charge is 0.302 e. The third-order valence-corrected chi connectivity index (χ3v) is 4.96. The minimum atomic E-state index is 0.694. The molecule has 0 radical (unpaired) electrons. The predicted molar refractivity (Wildman–Crippen MR) is 101 cm³/mol. The highest BCUT2D eigenvalue weighted by molar-refractivity contribution is 7.98. The Kier molecular flexibility index (Phi) is 4.79. The summed E-state index contributed by atoms with van der Waals surface area (Å²) in [5.74, 6) is 1.60. The molecule has 0 saturated carbocycles. The van der Waals surface area contributed by atoms with Crippen molar-refractivity contribution in [1.29, 1.82) is 0 Å². The minimum absolute atomic E-state index is 0.694. The lowest BCUT2D eigenvalue weighted by molar-refractivity contribution is 0.687. The van der Waals surface area contributed by atoms with Crippen molar-refractivity contribution in [2.24, 2.45) is 0 Å². The number of para-hydroxylation sites is 1. The van der Waals surface area contributed by atoms with Gasteiger partial charge in [-0.3, -0.25) is 0 Å². The fourth-order valence-electron chi connectivity index (χ4n) is 2.60. The van der Waals surface area contributed by atoms with E-state index in [0.29, 0.717) is 5.75 Å². The van der Waals surface area contributed by atoms with Crippen molar-refractivity contribution in [3.63, 3.8) is 0 Å². The number of hydrogen-bond donors (Lipinski definition) is 0. The lowest BCUT2D eigenvalue weighted by Gasteiger charge is -2.07. The van der Waals surface area contributed by atoms with E-state index in [1.165, 1.54) is 5.56 Å². The highest BCUT2D eigenvalue weighted by Gasteiger charge is 2.11. The third-order valence-electron chi connectivity index (χ3n) is 3.96. The maximum absolute atomic E-state index is 4.54. The molecule has 4 rings (SSSR count). The second-order valence-corrected chi connectivity index (χ2v) is 6.79. The van der Waals surface area contributed by atoms with Gasteiger partial charge in [0.15, 0.2) is 5.16 Å². The molecule has 0 saturated heterocycles. The fraction of sp³-hybridized carbons (Fsp3) is 0.158. The number of aromatic nitrogens is 6. The van der Waals surface area contributed by atoms with Gasteiger partial charge < -0.3 is 4.57 Å². The minimum Gasteiger partial charge on any atom is -0.302 e. The van der Waals surface area contributed by atoms with Crippen molar-refractivity contribution < 1.29 is 0 Å². The average Bonchev–Trinajstić information content (AvgIpc) is 3.29. The van der Waals surface area contributed by atoms with Gasteiger partial charge in [0.2, 0.25) is 0 Å². The Balaban J connectivity index is 1.47. The molecule has 0 aliphatic rings. The number of thioether (sulfide) groups is 1. The lowest BCUT2D eigenvalue weighted by atomic mass is 10.2. The van der Waals surface area contributed by atoms with E-state index in [2.05, 4.69) is 37.1 Å². The van der Waals surface area contributed by atoms with Crippen LogP contribution in [0, 0.1) is 6.92 Å². The zero-order chi connectivity index (χ0) is 17.8. The first-order chi connectivity index (χ1) is 12.8. The second-order valence-electron chi connectivity index (χ2n) is 5.85. The molecule has 2 heterocycles. The third kappa shape index (κ3) is 3.67. The summed E-state index contributed by atoms with van der Waals surface area (Å²) in [6.07, 6.45) is 1.80. The van der Waals surface area contributed by atoms with Crippen molar-refractivity contribution in [3.8, 4) is 5.69 Å². The molecular weight excluding hydrogens is 344 g/mol. The van der Waals surface area contributed by atoms with Gasteiger partial charge in [-0.15, -0.1) is 10.2 Å². The van der Waals surface area contributed by atoms with E-state index < -0.39 is 0 Å². The second kappa shape index (κ2) is 7.53. The molecule has 26 heavy (non-hydrogen) atoms. The predicted octanol–water partition coefficient (Wildman–Crippen LogP) is 3.51. The number of aryl methyl sites for hydroxylation is 1. The summed E-state index contributed by atoms with van der Waals surface area (Å²) in [4.78, 5) is 1.65. The zero-order valence-corrected chi connectivity index (χ0v) is 15.2. The van der Waals surface area contributed by atoms with Crippen molar-refractivity contribution in [2.45, 2.75) is 24.4 Å². The molecule has 130 valence electrons. The summed E-state index contributed by atoms with van der Waals surface area (Å²) < 4.78 is 2.13. The van der Waals surface area contributed by atoms with Crippen LogP contribution in [0.25, 0.3) is 5.69 Å². The summed E-state index contributed by atoms with van der Waals surface area (Å²) in [6, 6.07) is 20.2. The fourth-order valence-corrected chi connectivity index (χ4v) is 3.46. The van der Waals surface area contributed by atoms with E-state index >= 15 is 0 Å². The molecule has 0 atom stereocenters. The smallest absolute Gasteiger partial charge is 0.191 e. The standard InChI is InChI=1S/C19H18N6S/c1-15-21-22-19(24(15)13-16-8-4-2-5-9-16)26-14-17-12-20-25(23-17)18-10-6-3-7-11-18/h2-12H,13-14H2,1H3. The van der Waals surface area contributed by atoms with E-state index in [4.69, 9.17) is 0 Å². The van der Waals surface area contributed by atoms with E-state index in [-0.39, 0.29) is 0 Å². The van der Waals surface area contributed by atoms with Crippen molar-refractivity contribution >= 4 is 11.8 Å². The topological polar surface area (TPSA) is 61.4 Å². The number of nitrogens with zero attached hydrogens (tertiary/aromatic N) is 6. The highest BCUT2D eigenvalue weighted by atomic mass is 32.2. The van der Waals surface area contributed by atoms with Crippen LogP contribution >= 0.6 is 11.8 Å². The average molecular weight is 362 g/mol. The Morgan fingerprint density at radius 3 is 2.42 bits per heavy atom. The van der Waals surface area contributed by atoms with Crippen LogP contribution in [0.3, 0.4) is 0 Å². The summed E-state index contributed by atoms with van der Waals surface area (Å²) in [6.45, 7) is 2.74. The summed E-state index contributed by atoms with van der Waals surface area (Å²) in [5, 5.41) is 18.3. The zero-order valence-electron chi connectivity index (χ0n) is 14.4. The molecule has 0 unspecified atom stereocenters. The van der Waals surface area contributed by atoms with Gasteiger partial charge in [0.05, 0.1) is 24.1 Å². The van der Waals surface area contributed by atoms with Crippen molar-refractivity contribution in [1.82, 2.24) is 29.8 Å². The molecular formula is C19H18N6S. The molecule has 6 nitrogen and oxygen atoms in total. The van der Waals surface area contributed by atoms with Crippen molar-refractivity contribution in [3.05, 3.63) is 83.9 Å². The molecule has 0 amide bonds. The summed E-state index contributed by atoms with van der Waals surface area (Å²) in [7, 11) is 0. The van der Waals surface area contributed by atoms with Gasteiger partial charge in [0.25, 0.3) is 0 Å². The maximum atomic E-state index is 4.54. The van der Waals surface area contributed by atoms with Crippen LogP contribution in [-0.2, 0) is 12.3 Å². The normalized spacial score (nSPS) is 11.0. The van der Waals surface area contributed by atoms with Crippen LogP contribution in [0.5, 0.6) is 0 Å². The molecule has 4 aromatic rings. The quantitative estimate of drug-likeness (QED) is 0.491. The monoisotopic (exact) mass is 362 g/mol. The molecule has 0 aliphatic carbocycles. The molecule has 0 N–H and O–H groups in total. The number of hydrogen-bond acceptors (Lipinski definition) is 5. The van der Waals surface area contributed by atoms with E-state index in [1.807, 2.05) is 55.5 Å². The van der Waals surface area contributed by atoms with Crippen LogP contribution in [0.2, 0.25) is 0 Å². The Bertz CT molecular complexity index is 978. The van der Waals surface area contributed by atoms with E-state index in [1.54, 1.807) is 22.8 Å². The van der Waals surface area contributed by atoms with Crippen LogP contribution in [0.1, 0.15) is 17.1 Å². The molecule has 0 spiro atoms. The van der Waals surface area contributed by atoms with Crippen LogP contribution < -0.4 is 0 Å². The van der Waals surface area contributed by atoms with Crippen molar-refractivity contribution in [2.75, 3.05) is 0 Å². The molecule has 2 aromatic heterocycles. The van der Waals surface area contributed by atoms with Gasteiger partial charge >= 0.3 is 0 Å². The maximum Gasteiger partial charge on any atom is 0.191 e. The first kappa shape index (κ1) is 16.5. The first-order valence-electron chi connectivity index (χ1n) is 8.33.